The molecule has 7 heteroatoms. The second-order valence-electron chi connectivity index (χ2n) is 4.38. The van der Waals surface area contributed by atoms with Gasteiger partial charge in [0.25, 0.3) is 5.91 Å². The lowest BCUT2D eigenvalue weighted by molar-refractivity contribution is 0.0688. The van der Waals surface area contributed by atoms with Crippen LogP contribution in [-0.2, 0) is 16.0 Å². The van der Waals surface area contributed by atoms with Gasteiger partial charge in [0.2, 0.25) is 0 Å². The number of methoxy groups -OCH3 is 1. The van der Waals surface area contributed by atoms with Crippen molar-refractivity contribution in [2.24, 2.45) is 0 Å². The summed E-state index contributed by atoms with van der Waals surface area (Å²) in [6.45, 7) is 6.61. The summed E-state index contributed by atoms with van der Waals surface area (Å²) in [4.78, 5) is 12.1. The summed E-state index contributed by atoms with van der Waals surface area (Å²) in [6.07, 6.45) is 0.745. The van der Waals surface area contributed by atoms with E-state index in [1.54, 1.807) is 18.7 Å². The third-order valence-corrected chi connectivity index (χ3v) is 2.87. The molecule has 0 aromatic carbocycles. The molecule has 0 aliphatic heterocycles. The fraction of sp³-hybridized carbons (Fsp3) is 0.692. The molecule has 0 atom stereocenters. The molecule has 0 bridgehead atoms. The fourth-order valence-corrected chi connectivity index (χ4v) is 1.77. The topological polar surface area (TPSA) is 91.4 Å². The number of amides is 1. The molecule has 1 heterocycles. The van der Waals surface area contributed by atoms with Crippen LogP contribution in [0.1, 0.15) is 29.5 Å². The highest BCUT2D eigenvalue weighted by atomic mass is 16.5. The molecule has 1 amide bonds. The molecule has 0 saturated heterocycles. The van der Waals surface area contributed by atoms with Crippen LogP contribution in [0.15, 0.2) is 0 Å². The number of nitrogens with one attached hydrogen (secondary N) is 1. The van der Waals surface area contributed by atoms with Crippen molar-refractivity contribution in [2.45, 2.75) is 26.8 Å². The van der Waals surface area contributed by atoms with E-state index >= 15 is 0 Å². The molecule has 1 aromatic rings. The number of anilines is 1. The predicted molar refractivity (Wildman–Crippen MR) is 76.7 cm³/mol. The van der Waals surface area contributed by atoms with Crippen molar-refractivity contribution in [1.82, 2.24) is 15.1 Å². The lowest BCUT2D eigenvalue weighted by Gasteiger charge is -2.08. The molecular weight excluding hydrogens is 260 g/mol. The highest BCUT2D eigenvalue weighted by Crippen LogP contribution is 2.15. The molecule has 0 spiro atoms. The maximum atomic E-state index is 12.1. The van der Waals surface area contributed by atoms with Crippen LogP contribution in [0.3, 0.4) is 0 Å². The molecule has 0 radical (unpaired) electrons. The van der Waals surface area contributed by atoms with E-state index < -0.39 is 0 Å². The second kappa shape index (κ2) is 8.55. The van der Waals surface area contributed by atoms with Crippen molar-refractivity contribution in [3.05, 3.63) is 11.4 Å². The molecule has 1 aromatic heterocycles. The third kappa shape index (κ3) is 4.50. The van der Waals surface area contributed by atoms with Gasteiger partial charge in [0.05, 0.1) is 24.6 Å². The summed E-state index contributed by atoms with van der Waals surface area (Å²) in [5, 5.41) is 7.05. The number of nitrogens with zero attached hydrogens (tertiary/aromatic N) is 2. The molecule has 0 aliphatic carbocycles. The summed E-state index contributed by atoms with van der Waals surface area (Å²) >= 11 is 0. The molecule has 0 saturated carbocycles. The van der Waals surface area contributed by atoms with Crippen LogP contribution in [0, 0.1) is 6.92 Å². The van der Waals surface area contributed by atoms with Gasteiger partial charge in [0.1, 0.15) is 5.69 Å². The Morgan fingerprint density at radius 1 is 1.40 bits per heavy atom. The van der Waals surface area contributed by atoms with E-state index in [9.17, 15) is 4.79 Å². The van der Waals surface area contributed by atoms with E-state index in [0.717, 1.165) is 6.42 Å². The van der Waals surface area contributed by atoms with Crippen LogP contribution in [0.5, 0.6) is 0 Å². The molecule has 0 aliphatic rings. The summed E-state index contributed by atoms with van der Waals surface area (Å²) < 4.78 is 11.8. The molecule has 0 fully saturated rings. The van der Waals surface area contributed by atoms with Gasteiger partial charge in [0, 0.05) is 26.8 Å². The van der Waals surface area contributed by atoms with Crippen LogP contribution in [0.25, 0.3) is 0 Å². The van der Waals surface area contributed by atoms with E-state index in [1.165, 1.54) is 0 Å². The molecule has 3 N–H and O–H groups in total. The zero-order valence-electron chi connectivity index (χ0n) is 12.4. The monoisotopic (exact) mass is 284 g/mol. The number of rotatable bonds is 9. The van der Waals surface area contributed by atoms with Crippen LogP contribution >= 0.6 is 0 Å². The molecule has 1 rings (SSSR count). The predicted octanol–water partition coefficient (Wildman–Crippen LogP) is 0.577. The summed E-state index contributed by atoms with van der Waals surface area (Å²) in [5.41, 5.74) is 7.44. The summed E-state index contributed by atoms with van der Waals surface area (Å²) in [7, 11) is 1.63. The van der Waals surface area contributed by atoms with Crippen LogP contribution in [-0.4, -0.2) is 49.2 Å². The zero-order chi connectivity index (χ0) is 15.0. The first kappa shape index (κ1) is 16.5. The Kier molecular flexibility index (Phi) is 7.03. The highest BCUT2D eigenvalue weighted by Gasteiger charge is 2.18. The third-order valence-electron chi connectivity index (χ3n) is 2.87. The summed E-state index contributed by atoms with van der Waals surface area (Å²) in [5.74, 6) is -0.193. The number of aryl methyl sites for hydroxylation is 2. The van der Waals surface area contributed by atoms with Crippen molar-refractivity contribution >= 4 is 11.6 Å². The minimum atomic E-state index is -0.193. The Morgan fingerprint density at radius 3 is 2.80 bits per heavy atom. The minimum absolute atomic E-state index is 0.193. The van der Waals surface area contributed by atoms with E-state index in [1.807, 2.05) is 6.92 Å². The Balaban J connectivity index is 2.36. The maximum absolute atomic E-state index is 12.1. The SMILES string of the molecule is CCn1nc(C)c(N)c1C(=O)NCCCOCCOC. The number of nitrogen functional groups attached to an aromatic ring is 1. The first-order chi connectivity index (χ1) is 9.61. The van der Waals surface area contributed by atoms with Crippen molar-refractivity contribution in [3.63, 3.8) is 0 Å². The largest absolute Gasteiger partial charge is 0.395 e. The number of nitrogens with two attached hydrogens (primary N) is 1. The van der Waals surface area contributed by atoms with E-state index in [4.69, 9.17) is 15.2 Å². The van der Waals surface area contributed by atoms with Crippen molar-refractivity contribution in [1.29, 1.82) is 0 Å². The Morgan fingerprint density at radius 2 is 2.15 bits per heavy atom. The van der Waals surface area contributed by atoms with E-state index in [-0.39, 0.29) is 5.91 Å². The Labute approximate surface area is 119 Å². The lowest BCUT2D eigenvalue weighted by Crippen LogP contribution is -2.28. The Hall–Kier alpha value is -1.60. The van der Waals surface area contributed by atoms with Crippen molar-refractivity contribution < 1.29 is 14.3 Å². The molecule has 7 nitrogen and oxygen atoms in total. The summed E-state index contributed by atoms with van der Waals surface area (Å²) in [6, 6.07) is 0. The van der Waals surface area contributed by atoms with Crippen molar-refractivity contribution in [3.8, 4) is 0 Å². The number of carbonyl (C=O) groups is 1. The zero-order valence-corrected chi connectivity index (χ0v) is 12.4. The van der Waals surface area contributed by atoms with Gasteiger partial charge in [-0.2, -0.15) is 5.10 Å². The first-order valence-electron chi connectivity index (χ1n) is 6.79. The highest BCUT2D eigenvalue weighted by molar-refractivity contribution is 5.97. The maximum Gasteiger partial charge on any atom is 0.271 e. The van der Waals surface area contributed by atoms with Gasteiger partial charge in [-0.1, -0.05) is 0 Å². The second-order valence-corrected chi connectivity index (χ2v) is 4.38. The molecule has 114 valence electrons. The van der Waals surface area contributed by atoms with Gasteiger partial charge in [-0.25, -0.2) is 0 Å². The van der Waals surface area contributed by atoms with Gasteiger partial charge < -0.3 is 20.5 Å². The smallest absolute Gasteiger partial charge is 0.271 e. The lowest BCUT2D eigenvalue weighted by atomic mass is 10.3. The quantitative estimate of drug-likeness (QED) is 0.647. The van der Waals surface area contributed by atoms with Crippen molar-refractivity contribution in [2.75, 3.05) is 39.2 Å². The van der Waals surface area contributed by atoms with E-state index in [2.05, 4.69) is 10.4 Å². The van der Waals surface area contributed by atoms with Gasteiger partial charge in [-0.15, -0.1) is 0 Å². The number of aromatic nitrogens is 2. The average molecular weight is 284 g/mol. The van der Waals surface area contributed by atoms with Gasteiger partial charge in [-0.3, -0.25) is 9.48 Å². The Bertz CT molecular complexity index is 431. The molecular formula is C13H24N4O3. The number of carbonyl (C=O) groups excluding carboxylic acids is 1. The number of hydrogen-bond donors (Lipinski definition) is 2. The van der Waals surface area contributed by atoms with Gasteiger partial charge in [-0.05, 0) is 20.3 Å². The van der Waals surface area contributed by atoms with Gasteiger partial charge >= 0.3 is 0 Å². The van der Waals surface area contributed by atoms with Crippen LogP contribution < -0.4 is 11.1 Å². The molecule has 0 unspecified atom stereocenters. The van der Waals surface area contributed by atoms with Crippen LogP contribution in [0.4, 0.5) is 5.69 Å². The standard InChI is InChI=1S/C13H24N4O3/c1-4-17-12(11(14)10(2)16-17)13(18)15-6-5-7-20-9-8-19-3/h4-9,14H2,1-3H3,(H,15,18). The average Bonchev–Trinajstić information content (AvgIpc) is 2.73. The van der Waals surface area contributed by atoms with E-state index in [0.29, 0.717) is 50.0 Å². The molecule has 20 heavy (non-hydrogen) atoms. The normalized spacial score (nSPS) is 10.8. The van der Waals surface area contributed by atoms with Gasteiger partial charge in [0.15, 0.2) is 0 Å². The van der Waals surface area contributed by atoms with Crippen LogP contribution in [0.2, 0.25) is 0 Å². The fourth-order valence-electron chi connectivity index (χ4n) is 1.77. The number of ether oxygens (including phenoxy) is 2. The number of hydrogen-bond acceptors (Lipinski definition) is 5. The minimum Gasteiger partial charge on any atom is -0.395 e. The first-order valence-corrected chi connectivity index (χ1v) is 6.79.